The van der Waals surface area contributed by atoms with Crippen LogP contribution in [-0.4, -0.2) is 29.2 Å². The van der Waals surface area contributed by atoms with E-state index in [2.05, 4.69) is 10.2 Å². The fourth-order valence-electron chi connectivity index (χ4n) is 1.77. The summed E-state index contributed by atoms with van der Waals surface area (Å²) >= 11 is 0. The average molecular weight is 206 g/mol. The smallest absolute Gasteiger partial charge is 0.142 e. The van der Waals surface area contributed by atoms with Crippen molar-refractivity contribution >= 4 is 5.78 Å². The number of carbonyl (C=O) groups excluding carboxylic acids is 1. The van der Waals surface area contributed by atoms with E-state index in [0.29, 0.717) is 19.6 Å². The lowest BCUT2D eigenvalue weighted by Gasteiger charge is -2.20. The number of aromatic nitrogens is 2. The Morgan fingerprint density at radius 2 is 2.27 bits per heavy atom. The molecule has 4 heteroatoms. The second-order valence-electron chi connectivity index (χ2n) is 3.74. The third-order valence-electron chi connectivity index (χ3n) is 2.66. The molecule has 4 nitrogen and oxygen atoms in total. The molecule has 1 fully saturated rings. The Labute approximate surface area is 88.7 Å². The first-order valence-corrected chi connectivity index (χ1v) is 5.23. The molecule has 80 valence electrons. The van der Waals surface area contributed by atoms with Crippen molar-refractivity contribution in [3.8, 4) is 0 Å². The lowest BCUT2D eigenvalue weighted by atomic mass is 9.93. The van der Waals surface area contributed by atoms with E-state index >= 15 is 0 Å². The SMILES string of the molecule is O=C(Cc1cccnn1)C1CCOCC1. The van der Waals surface area contributed by atoms with Gasteiger partial charge in [0.25, 0.3) is 0 Å². The van der Waals surface area contributed by atoms with Crippen LogP contribution in [0.4, 0.5) is 0 Å². The van der Waals surface area contributed by atoms with Crippen molar-refractivity contribution in [2.45, 2.75) is 19.3 Å². The predicted molar refractivity (Wildman–Crippen MR) is 54.3 cm³/mol. The Bertz CT molecular complexity index is 321. The molecule has 0 aliphatic carbocycles. The molecule has 0 spiro atoms. The van der Waals surface area contributed by atoms with Crippen LogP contribution < -0.4 is 0 Å². The van der Waals surface area contributed by atoms with Crippen LogP contribution in [0.25, 0.3) is 0 Å². The van der Waals surface area contributed by atoms with Crippen LogP contribution in [0.3, 0.4) is 0 Å². The summed E-state index contributed by atoms with van der Waals surface area (Å²) in [5, 5.41) is 7.67. The molecule has 2 rings (SSSR count). The summed E-state index contributed by atoms with van der Waals surface area (Å²) in [6, 6.07) is 3.64. The van der Waals surface area contributed by atoms with E-state index in [1.165, 1.54) is 0 Å². The fraction of sp³-hybridized carbons (Fsp3) is 0.545. The standard InChI is InChI=1S/C11H14N2O2/c14-11(9-3-6-15-7-4-9)8-10-2-1-5-12-13-10/h1-2,5,9H,3-4,6-8H2. The minimum atomic E-state index is 0.153. The summed E-state index contributed by atoms with van der Waals surface area (Å²) in [5.41, 5.74) is 0.758. The number of Topliss-reactive ketones (excluding diaryl/α,β-unsaturated/α-hetero) is 1. The molecule has 1 aliphatic heterocycles. The zero-order valence-electron chi connectivity index (χ0n) is 8.56. The lowest BCUT2D eigenvalue weighted by molar-refractivity contribution is -0.125. The van der Waals surface area contributed by atoms with Gasteiger partial charge in [-0.05, 0) is 25.0 Å². The molecular formula is C11H14N2O2. The first-order valence-electron chi connectivity index (χ1n) is 5.23. The number of ether oxygens (including phenoxy) is 1. The maximum Gasteiger partial charge on any atom is 0.142 e. The van der Waals surface area contributed by atoms with E-state index < -0.39 is 0 Å². The summed E-state index contributed by atoms with van der Waals surface area (Å²) in [5.74, 6) is 0.416. The summed E-state index contributed by atoms with van der Waals surface area (Å²) < 4.78 is 5.22. The van der Waals surface area contributed by atoms with Crippen molar-refractivity contribution in [3.05, 3.63) is 24.0 Å². The second-order valence-corrected chi connectivity index (χ2v) is 3.74. The second kappa shape index (κ2) is 4.98. The number of hydrogen-bond donors (Lipinski definition) is 0. The number of ketones is 1. The first kappa shape index (κ1) is 10.2. The van der Waals surface area contributed by atoms with Gasteiger partial charge in [0, 0.05) is 25.3 Å². The topological polar surface area (TPSA) is 52.1 Å². The maximum absolute atomic E-state index is 11.8. The van der Waals surface area contributed by atoms with Gasteiger partial charge in [-0.2, -0.15) is 10.2 Å². The van der Waals surface area contributed by atoms with Crippen LogP contribution in [0.15, 0.2) is 18.3 Å². The molecule has 15 heavy (non-hydrogen) atoms. The van der Waals surface area contributed by atoms with Crippen LogP contribution in [-0.2, 0) is 16.0 Å². The van der Waals surface area contributed by atoms with Gasteiger partial charge in [0.15, 0.2) is 0 Å². The highest BCUT2D eigenvalue weighted by Crippen LogP contribution is 2.17. The van der Waals surface area contributed by atoms with Gasteiger partial charge >= 0.3 is 0 Å². The molecule has 1 aromatic heterocycles. The maximum atomic E-state index is 11.8. The Morgan fingerprint density at radius 1 is 1.47 bits per heavy atom. The number of hydrogen-bond acceptors (Lipinski definition) is 4. The third kappa shape index (κ3) is 2.83. The largest absolute Gasteiger partial charge is 0.381 e. The van der Waals surface area contributed by atoms with Gasteiger partial charge in [-0.25, -0.2) is 0 Å². The highest BCUT2D eigenvalue weighted by molar-refractivity contribution is 5.82. The molecule has 1 aromatic rings. The van der Waals surface area contributed by atoms with Gasteiger partial charge in [0.1, 0.15) is 5.78 Å². The van der Waals surface area contributed by atoms with Crippen molar-refractivity contribution in [2.24, 2.45) is 5.92 Å². The molecule has 1 aliphatic rings. The molecule has 0 bridgehead atoms. The Kier molecular flexibility index (Phi) is 3.40. The van der Waals surface area contributed by atoms with Crippen LogP contribution in [0.2, 0.25) is 0 Å². The summed E-state index contributed by atoms with van der Waals surface area (Å²) in [6.45, 7) is 1.41. The van der Waals surface area contributed by atoms with Gasteiger partial charge < -0.3 is 4.74 Å². The van der Waals surface area contributed by atoms with Crippen LogP contribution >= 0.6 is 0 Å². The summed E-state index contributed by atoms with van der Waals surface area (Å²) in [7, 11) is 0. The Morgan fingerprint density at radius 3 is 2.93 bits per heavy atom. The van der Waals surface area contributed by atoms with Gasteiger partial charge in [-0.1, -0.05) is 0 Å². The van der Waals surface area contributed by atoms with E-state index in [-0.39, 0.29) is 11.7 Å². The van der Waals surface area contributed by atoms with Crippen molar-refractivity contribution < 1.29 is 9.53 Å². The molecule has 2 heterocycles. The van der Waals surface area contributed by atoms with Crippen molar-refractivity contribution in [1.82, 2.24) is 10.2 Å². The lowest BCUT2D eigenvalue weighted by Crippen LogP contribution is -2.25. The molecule has 0 unspecified atom stereocenters. The third-order valence-corrected chi connectivity index (χ3v) is 2.66. The van der Waals surface area contributed by atoms with E-state index in [0.717, 1.165) is 18.5 Å². The van der Waals surface area contributed by atoms with Crippen LogP contribution in [0.1, 0.15) is 18.5 Å². The fourth-order valence-corrected chi connectivity index (χ4v) is 1.77. The van der Waals surface area contributed by atoms with Crippen molar-refractivity contribution in [3.63, 3.8) is 0 Å². The zero-order valence-corrected chi connectivity index (χ0v) is 8.56. The first-order chi connectivity index (χ1) is 7.36. The van der Waals surface area contributed by atoms with Gasteiger partial charge in [-0.3, -0.25) is 4.79 Å². The quantitative estimate of drug-likeness (QED) is 0.740. The normalized spacial score (nSPS) is 17.6. The highest BCUT2D eigenvalue weighted by Gasteiger charge is 2.21. The Balaban J connectivity index is 1.91. The minimum absolute atomic E-state index is 0.153. The Hall–Kier alpha value is -1.29. The number of rotatable bonds is 3. The van der Waals surface area contributed by atoms with Crippen molar-refractivity contribution in [1.29, 1.82) is 0 Å². The van der Waals surface area contributed by atoms with Gasteiger partial charge in [0.05, 0.1) is 12.1 Å². The number of nitrogens with zero attached hydrogens (tertiary/aromatic N) is 2. The van der Waals surface area contributed by atoms with Crippen LogP contribution in [0.5, 0.6) is 0 Å². The molecule has 0 atom stereocenters. The molecule has 0 saturated carbocycles. The minimum Gasteiger partial charge on any atom is -0.381 e. The molecule has 1 saturated heterocycles. The van der Waals surface area contributed by atoms with E-state index in [9.17, 15) is 4.79 Å². The van der Waals surface area contributed by atoms with Crippen LogP contribution in [0, 0.1) is 5.92 Å². The zero-order chi connectivity index (χ0) is 10.5. The van der Waals surface area contributed by atoms with E-state index in [1.54, 1.807) is 12.3 Å². The van der Waals surface area contributed by atoms with Crippen molar-refractivity contribution in [2.75, 3.05) is 13.2 Å². The molecular weight excluding hydrogens is 192 g/mol. The average Bonchev–Trinajstić information content (AvgIpc) is 2.31. The molecule has 0 radical (unpaired) electrons. The monoisotopic (exact) mass is 206 g/mol. The molecule has 0 aromatic carbocycles. The summed E-state index contributed by atoms with van der Waals surface area (Å²) in [6.07, 6.45) is 3.71. The van der Waals surface area contributed by atoms with Gasteiger partial charge in [-0.15, -0.1) is 0 Å². The van der Waals surface area contributed by atoms with E-state index in [1.807, 2.05) is 6.07 Å². The molecule has 0 amide bonds. The number of carbonyl (C=O) groups is 1. The highest BCUT2D eigenvalue weighted by atomic mass is 16.5. The predicted octanol–water partition coefficient (Wildman–Crippen LogP) is 1.01. The van der Waals surface area contributed by atoms with Gasteiger partial charge in [0.2, 0.25) is 0 Å². The summed E-state index contributed by atoms with van der Waals surface area (Å²) in [4.78, 5) is 11.8. The van der Waals surface area contributed by atoms with E-state index in [4.69, 9.17) is 4.74 Å². The molecule has 0 N–H and O–H groups in total.